The van der Waals surface area contributed by atoms with Crippen molar-refractivity contribution in [2.75, 3.05) is 13.2 Å². The molecule has 118 valence electrons. The Labute approximate surface area is 126 Å². The van der Waals surface area contributed by atoms with Gasteiger partial charge in [-0.2, -0.15) is 0 Å². The van der Waals surface area contributed by atoms with Crippen molar-refractivity contribution in [2.45, 2.75) is 46.2 Å². The molecule has 0 aliphatic carbocycles. The van der Waals surface area contributed by atoms with Crippen molar-refractivity contribution in [3.63, 3.8) is 0 Å². The molecule has 0 aliphatic rings. The van der Waals surface area contributed by atoms with E-state index in [1.54, 1.807) is 0 Å². The minimum atomic E-state index is -0.188. The summed E-state index contributed by atoms with van der Waals surface area (Å²) in [4.78, 5) is 11.7. The summed E-state index contributed by atoms with van der Waals surface area (Å²) < 4.78 is 5.49. The number of aliphatic hydroxyl groups excluding tert-OH is 1. The van der Waals surface area contributed by atoms with Gasteiger partial charge in [-0.15, -0.1) is 0 Å². The van der Waals surface area contributed by atoms with Crippen LogP contribution in [0.5, 0.6) is 5.75 Å². The number of urea groups is 1. The molecular formula is C16H26N2O3. The van der Waals surface area contributed by atoms with Gasteiger partial charge in [-0.3, -0.25) is 0 Å². The van der Waals surface area contributed by atoms with Crippen molar-refractivity contribution in [1.82, 2.24) is 10.6 Å². The third-order valence-electron chi connectivity index (χ3n) is 3.16. The Kier molecular flexibility index (Phi) is 7.61. The summed E-state index contributed by atoms with van der Waals surface area (Å²) in [5, 5.41) is 14.4. The molecule has 5 nitrogen and oxygen atoms in total. The van der Waals surface area contributed by atoms with Crippen LogP contribution in [0.4, 0.5) is 4.79 Å². The van der Waals surface area contributed by atoms with Gasteiger partial charge in [0.25, 0.3) is 0 Å². The van der Waals surface area contributed by atoms with E-state index in [2.05, 4.69) is 10.6 Å². The van der Waals surface area contributed by atoms with Crippen molar-refractivity contribution < 1.29 is 14.6 Å². The molecule has 1 aromatic carbocycles. The van der Waals surface area contributed by atoms with E-state index in [0.717, 1.165) is 23.3 Å². The fraction of sp³-hybridized carbons (Fsp3) is 0.562. The largest absolute Gasteiger partial charge is 0.494 e. The lowest BCUT2D eigenvalue weighted by atomic mass is 10.1. The lowest BCUT2D eigenvalue weighted by Crippen LogP contribution is -2.40. The zero-order chi connectivity index (χ0) is 15.7. The second-order valence-corrected chi connectivity index (χ2v) is 5.13. The van der Waals surface area contributed by atoms with E-state index in [0.29, 0.717) is 19.6 Å². The summed E-state index contributed by atoms with van der Waals surface area (Å²) in [6, 6.07) is 5.76. The van der Waals surface area contributed by atoms with Gasteiger partial charge < -0.3 is 20.5 Å². The molecule has 0 fully saturated rings. The molecule has 0 aromatic heterocycles. The van der Waals surface area contributed by atoms with Crippen molar-refractivity contribution >= 4 is 6.03 Å². The average molecular weight is 294 g/mol. The first-order chi connectivity index (χ1) is 10.1. The quantitative estimate of drug-likeness (QED) is 0.689. The normalized spacial score (nSPS) is 11.8. The molecule has 0 spiro atoms. The van der Waals surface area contributed by atoms with Crippen LogP contribution in [0.2, 0.25) is 0 Å². The van der Waals surface area contributed by atoms with Crippen LogP contribution in [-0.2, 0) is 6.54 Å². The summed E-state index contributed by atoms with van der Waals surface area (Å²) in [5.74, 6) is 0.878. The molecule has 0 saturated carbocycles. The van der Waals surface area contributed by atoms with Crippen LogP contribution in [0.1, 0.15) is 37.8 Å². The molecule has 0 aliphatic heterocycles. The SMILES string of the molecule is CCOc1ccc(CNC(=O)NC(C)CCCO)cc1C. The van der Waals surface area contributed by atoms with Gasteiger partial charge in [-0.1, -0.05) is 12.1 Å². The van der Waals surface area contributed by atoms with Gasteiger partial charge in [0, 0.05) is 19.2 Å². The first kappa shape index (κ1) is 17.3. The van der Waals surface area contributed by atoms with E-state index in [1.165, 1.54) is 0 Å². The van der Waals surface area contributed by atoms with Crippen LogP contribution in [0.25, 0.3) is 0 Å². The number of nitrogens with one attached hydrogen (secondary N) is 2. The molecule has 0 radical (unpaired) electrons. The van der Waals surface area contributed by atoms with E-state index in [-0.39, 0.29) is 18.7 Å². The maximum absolute atomic E-state index is 11.7. The number of carbonyl (C=O) groups is 1. The maximum Gasteiger partial charge on any atom is 0.315 e. The molecule has 0 bridgehead atoms. The molecule has 1 aromatic rings. The molecule has 21 heavy (non-hydrogen) atoms. The monoisotopic (exact) mass is 294 g/mol. The van der Waals surface area contributed by atoms with Crippen LogP contribution in [0.15, 0.2) is 18.2 Å². The van der Waals surface area contributed by atoms with Gasteiger partial charge in [0.2, 0.25) is 0 Å². The smallest absolute Gasteiger partial charge is 0.315 e. The van der Waals surface area contributed by atoms with Gasteiger partial charge in [0.15, 0.2) is 0 Å². The van der Waals surface area contributed by atoms with Crippen LogP contribution in [0, 0.1) is 6.92 Å². The van der Waals surface area contributed by atoms with E-state index in [4.69, 9.17) is 9.84 Å². The first-order valence-electron chi connectivity index (χ1n) is 7.44. The van der Waals surface area contributed by atoms with Crippen molar-refractivity contribution in [2.24, 2.45) is 0 Å². The van der Waals surface area contributed by atoms with Crippen LogP contribution in [-0.4, -0.2) is 30.4 Å². The molecular weight excluding hydrogens is 268 g/mol. The number of ether oxygens (including phenoxy) is 1. The predicted octanol–water partition coefficient (Wildman–Crippen LogP) is 2.35. The molecule has 1 atom stereocenters. The lowest BCUT2D eigenvalue weighted by Gasteiger charge is -2.14. The number of rotatable bonds is 8. The second kappa shape index (κ2) is 9.23. The van der Waals surface area contributed by atoms with Gasteiger partial charge in [0.05, 0.1) is 6.61 Å². The number of benzene rings is 1. The third-order valence-corrected chi connectivity index (χ3v) is 3.16. The first-order valence-corrected chi connectivity index (χ1v) is 7.44. The van der Waals surface area contributed by atoms with E-state index in [1.807, 2.05) is 39.0 Å². The predicted molar refractivity (Wildman–Crippen MR) is 83.5 cm³/mol. The minimum Gasteiger partial charge on any atom is -0.494 e. The molecule has 0 heterocycles. The third kappa shape index (κ3) is 6.49. The molecule has 3 N–H and O–H groups in total. The Hall–Kier alpha value is -1.75. The Balaban J connectivity index is 2.40. The maximum atomic E-state index is 11.7. The zero-order valence-electron chi connectivity index (χ0n) is 13.1. The van der Waals surface area contributed by atoms with E-state index in [9.17, 15) is 4.79 Å². The summed E-state index contributed by atoms with van der Waals surface area (Å²) in [5.41, 5.74) is 2.10. The number of aryl methyl sites for hydroxylation is 1. The highest BCUT2D eigenvalue weighted by Crippen LogP contribution is 2.18. The number of amides is 2. The van der Waals surface area contributed by atoms with E-state index >= 15 is 0 Å². The molecule has 5 heteroatoms. The molecule has 2 amide bonds. The van der Waals surface area contributed by atoms with Crippen LogP contribution < -0.4 is 15.4 Å². The summed E-state index contributed by atoms with van der Waals surface area (Å²) >= 11 is 0. The number of hydrogen-bond donors (Lipinski definition) is 3. The number of hydrogen-bond acceptors (Lipinski definition) is 3. The molecule has 1 rings (SSSR count). The fourth-order valence-electron chi connectivity index (χ4n) is 2.07. The van der Waals surface area contributed by atoms with Crippen molar-refractivity contribution in [1.29, 1.82) is 0 Å². The van der Waals surface area contributed by atoms with Crippen LogP contribution in [0.3, 0.4) is 0 Å². The fourth-order valence-corrected chi connectivity index (χ4v) is 2.07. The highest BCUT2D eigenvalue weighted by atomic mass is 16.5. The highest BCUT2D eigenvalue weighted by Gasteiger charge is 2.07. The summed E-state index contributed by atoms with van der Waals surface area (Å²) in [6.07, 6.45) is 1.46. The average Bonchev–Trinajstić information content (AvgIpc) is 2.45. The van der Waals surface area contributed by atoms with Gasteiger partial charge in [0.1, 0.15) is 5.75 Å². The standard InChI is InChI=1S/C16H26N2O3/c1-4-21-15-8-7-14(10-12(15)2)11-17-16(20)18-13(3)6-5-9-19/h7-8,10,13,19H,4-6,9,11H2,1-3H3,(H2,17,18,20). The molecule has 0 saturated heterocycles. The summed E-state index contributed by atoms with van der Waals surface area (Å²) in [7, 11) is 0. The van der Waals surface area contributed by atoms with Gasteiger partial charge >= 0.3 is 6.03 Å². The van der Waals surface area contributed by atoms with Gasteiger partial charge in [-0.05, 0) is 50.8 Å². The van der Waals surface area contributed by atoms with Gasteiger partial charge in [-0.25, -0.2) is 4.79 Å². The van der Waals surface area contributed by atoms with Crippen molar-refractivity contribution in [3.05, 3.63) is 29.3 Å². The van der Waals surface area contributed by atoms with Crippen LogP contribution >= 0.6 is 0 Å². The van der Waals surface area contributed by atoms with Crippen molar-refractivity contribution in [3.8, 4) is 5.75 Å². The Morgan fingerprint density at radius 3 is 2.81 bits per heavy atom. The lowest BCUT2D eigenvalue weighted by molar-refractivity contribution is 0.234. The Bertz CT molecular complexity index is 449. The second-order valence-electron chi connectivity index (χ2n) is 5.13. The number of carbonyl (C=O) groups excluding carboxylic acids is 1. The minimum absolute atomic E-state index is 0.0548. The Morgan fingerprint density at radius 1 is 1.43 bits per heavy atom. The highest BCUT2D eigenvalue weighted by molar-refractivity contribution is 5.74. The topological polar surface area (TPSA) is 70.6 Å². The Morgan fingerprint density at radius 2 is 2.19 bits per heavy atom. The number of aliphatic hydroxyl groups is 1. The summed E-state index contributed by atoms with van der Waals surface area (Å²) in [6.45, 7) is 7.15. The van der Waals surface area contributed by atoms with E-state index < -0.39 is 0 Å². The molecule has 1 unspecified atom stereocenters. The zero-order valence-corrected chi connectivity index (χ0v) is 13.1.